The Bertz CT molecular complexity index is 3450. The molecule has 274 valence electrons. The van der Waals surface area contributed by atoms with Crippen molar-refractivity contribution in [1.82, 2.24) is 0 Å². The van der Waals surface area contributed by atoms with Crippen LogP contribution in [0.15, 0.2) is 217 Å². The third-order valence-electron chi connectivity index (χ3n) is 13.0. The number of furan rings is 1. The van der Waals surface area contributed by atoms with Crippen molar-refractivity contribution in [3.63, 3.8) is 0 Å². The molecule has 59 heavy (non-hydrogen) atoms. The summed E-state index contributed by atoms with van der Waals surface area (Å²) in [7, 11) is 0. The highest BCUT2D eigenvalue weighted by molar-refractivity contribution is 6.23. The van der Waals surface area contributed by atoms with Crippen LogP contribution < -0.4 is 4.90 Å². The minimum absolute atomic E-state index is 0.460. The van der Waals surface area contributed by atoms with E-state index in [1.807, 2.05) is 0 Å². The van der Waals surface area contributed by atoms with Gasteiger partial charge >= 0.3 is 0 Å². The maximum Gasteiger partial charge on any atom is 0.160 e. The predicted molar refractivity (Wildman–Crippen MR) is 245 cm³/mol. The van der Waals surface area contributed by atoms with Gasteiger partial charge in [-0.1, -0.05) is 170 Å². The van der Waals surface area contributed by atoms with Gasteiger partial charge in [0.05, 0.1) is 11.1 Å². The Labute approximate surface area is 341 Å². The average molecular weight is 750 g/mol. The molecular formula is C57H35NO. The molecule has 10 aromatic carbocycles. The van der Waals surface area contributed by atoms with Crippen molar-refractivity contribution in [3.8, 4) is 33.4 Å². The van der Waals surface area contributed by atoms with Crippen molar-refractivity contribution in [2.45, 2.75) is 5.41 Å². The molecule has 0 saturated heterocycles. The van der Waals surface area contributed by atoms with Crippen molar-refractivity contribution >= 4 is 60.5 Å². The van der Waals surface area contributed by atoms with Gasteiger partial charge in [0.15, 0.2) is 5.58 Å². The molecule has 1 spiro atoms. The van der Waals surface area contributed by atoms with Crippen molar-refractivity contribution in [1.29, 1.82) is 0 Å². The molecular weight excluding hydrogens is 715 g/mol. The maximum atomic E-state index is 6.94. The molecule has 0 unspecified atom stereocenters. The summed E-state index contributed by atoms with van der Waals surface area (Å²) < 4.78 is 6.94. The highest BCUT2D eigenvalue weighted by atomic mass is 16.3. The molecule has 2 nitrogen and oxygen atoms in total. The Morgan fingerprint density at radius 2 is 0.898 bits per heavy atom. The fourth-order valence-electron chi connectivity index (χ4n) is 10.5. The molecule has 2 aliphatic rings. The number of para-hydroxylation sites is 1. The van der Waals surface area contributed by atoms with E-state index in [0.717, 1.165) is 39.0 Å². The van der Waals surface area contributed by atoms with Crippen LogP contribution in [0.2, 0.25) is 0 Å². The number of benzene rings is 10. The second-order valence-electron chi connectivity index (χ2n) is 16.0. The first-order valence-electron chi connectivity index (χ1n) is 20.4. The molecule has 0 saturated carbocycles. The average Bonchev–Trinajstić information content (AvgIpc) is 3.94. The lowest BCUT2D eigenvalue weighted by molar-refractivity contribution is 0.669. The number of anilines is 3. The molecule has 0 fully saturated rings. The van der Waals surface area contributed by atoms with E-state index >= 15 is 0 Å². The van der Waals surface area contributed by atoms with Crippen molar-refractivity contribution in [3.05, 3.63) is 235 Å². The zero-order valence-corrected chi connectivity index (χ0v) is 32.1. The standard InChI is InChI=1S/C57H35NO/c1-2-14-38-33-39(26-25-36(38)13-1)37-27-29-41(30-28-37)58(53-34-40-15-3-4-16-43(40)55-48-20-8-12-24-54(48)59-56(53)55)42-31-32-47-46-19-7-11-23-51(46)57(52(47)35-42)49-21-9-5-17-44(49)45-18-6-10-22-50(45)57/h1-35H. The van der Waals surface area contributed by atoms with Gasteiger partial charge in [-0.2, -0.15) is 0 Å². The minimum atomic E-state index is -0.460. The summed E-state index contributed by atoms with van der Waals surface area (Å²) in [6, 6.07) is 78.0. The van der Waals surface area contributed by atoms with Gasteiger partial charge < -0.3 is 9.32 Å². The third kappa shape index (κ3) is 4.46. The highest BCUT2D eigenvalue weighted by Crippen LogP contribution is 2.63. The van der Waals surface area contributed by atoms with Crippen LogP contribution in [0, 0.1) is 0 Å². The Balaban J connectivity index is 1.09. The fraction of sp³-hybridized carbons (Fsp3) is 0.0175. The number of hydrogen-bond acceptors (Lipinski definition) is 2. The molecule has 0 bridgehead atoms. The Morgan fingerprint density at radius 1 is 0.356 bits per heavy atom. The van der Waals surface area contributed by atoms with Gasteiger partial charge in [0.2, 0.25) is 0 Å². The maximum absolute atomic E-state index is 6.94. The molecule has 0 atom stereocenters. The summed E-state index contributed by atoms with van der Waals surface area (Å²) in [5, 5.41) is 7.09. The molecule has 0 amide bonds. The van der Waals surface area contributed by atoms with Crippen molar-refractivity contribution in [2.24, 2.45) is 0 Å². The molecule has 1 aromatic heterocycles. The molecule has 0 aliphatic heterocycles. The summed E-state index contributed by atoms with van der Waals surface area (Å²) >= 11 is 0. The summed E-state index contributed by atoms with van der Waals surface area (Å²) in [5.74, 6) is 0. The first-order chi connectivity index (χ1) is 29.3. The molecule has 2 heteroatoms. The van der Waals surface area contributed by atoms with Crippen LogP contribution in [0.25, 0.3) is 76.9 Å². The number of rotatable bonds is 4. The van der Waals surface area contributed by atoms with E-state index in [0.29, 0.717) is 0 Å². The van der Waals surface area contributed by atoms with Gasteiger partial charge in [0.1, 0.15) is 5.58 Å². The van der Waals surface area contributed by atoms with Crippen LogP contribution in [-0.2, 0) is 5.41 Å². The number of fused-ring (bicyclic) bond motifs is 16. The van der Waals surface area contributed by atoms with Gasteiger partial charge in [-0.15, -0.1) is 0 Å². The molecule has 11 aromatic rings. The zero-order chi connectivity index (χ0) is 38.7. The molecule has 1 heterocycles. The lowest BCUT2D eigenvalue weighted by Gasteiger charge is -2.32. The largest absolute Gasteiger partial charge is 0.454 e. The van der Waals surface area contributed by atoms with Crippen LogP contribution in [0.4, 0.5) is 17.1 Å². The van der Waals surface area contributed by atoms with Crippen molar-refractivity contribution < 1.29 is 4.42 Å². The predicted octanol–water partition coefficient (Wildman–Crippen LogP) is 15.4. The molecule has 2 aliphatic carbocycles. The normalized spacial score (nSPS) is 13.2. The van der Waals surface area contributed by atoms with Gasteiger partial charge in [0.25, 0.3) is 0 Å². The molecule has 0 radical (unpaired) electrons. The fourth-order valence-corrected chi connectivity index (χ4v) is 10.5. The van der Waals surface area contributed by atoms with Crippen LogP contribution in [0.1, 0.15) is 22.3 Å². The smallest absolute Gasteiger partial charge is 0.160 e. The number of nitrogens with zero attached hydrogens (tertiary/aromatic N) is 1. The van der Waals surface area contributed by atoms with Crippen LogP contribution in [0.3, 0.4) is 0 Å². The van der Waals surface area contributed by atoms with E-state index in [1.165, 1.54) is 77.2 Å². The van der Waals surface area contributed by atoms with Gasteiger partial charge in [-0.05, 0) is 120 Å². The summed E-state index contributed by atoms with van der Waals surface area (Å²) in [6.45, 7) is 0. The van der Waals surface area contributed by atoms with Gasteiger partial charge in [-0.3, -0.25) is 0 Å². The van der Waals surface area contributed by atoms with Crippen LogP contribution in [-0.4, -0.2) is 0 Å². The highest BCUT2D eigenvalue weighted by Gasteiger charge is 2.51. The topological polar surface area (TPSA) is 16.4 Å². The van der Waals surface area contributed by atoms with Crippen LogP contribution in [0.5, 0.6) is 0 Å². The molecule has 0 N–H and O–H groups in total. The van der Waals surface area contributed by atoms with E-state index in [4.69, 9.17) is 4.42 Å². The number of hydrogen-bond donors (Lipinski definition) is 0. The SMILES string of the molecule is c1ccc2c(c1)-c1ccccc1C21c2ccccc2-c2ccc(N(c3ccc(-c4ccc5ccccc5c4)cc3)c3cc4ccccc4c4c3oc3ccccc34)cc21. The summed E-state index contributed by atoms with van der Waals surface area (Å²) in [5.41, 5.74) is 17.3. The first kappa shape index (κ1) is 32.4. The third-order valence-corrected chi connectivity index (χ3v) is 13.0. The van der Waals surface area contributed by atoms with E-state index in [-0.39, 0.29) is 0 Å². The van der Waals surface area contributed by atoms with Crippen molar-refractivity contribution in [2.75, 3.05) is 4.90 Å². The Kier molecular flexibility index (Phi) is 6.68. The Hall–Kier alpha value is -7.68. The second kappa shape index (κ2) is 12.2. The lowest BCUT2D eigenvalue weighted by atomic mass is 9.70. The quantitative estimate of drug-likeness (QED) is 0.178. The van der Waals surface area contributed by atoms with E-state index < -0.39 is 5.41 Å². The minimum Gasteiger partial charge on any atom is -0.454 e. The zero-order valence-electron chi connectivity index (χ0n) is 32.1. The Morgan fingerprint density at radius 3 is 1.61 bits per heavy atom. The van der Waals surface area contributed by atoms with E-state index in [2.05, 4.69) is 217 Å². The second-order valence-corrected chi connectivity index (χ2v) is 16.0. The summed E-state index contributed by atoms with van der Waals surface area (Å²) in [6.07, 6.45) is 0. The van der Waals surface area contributed by atoms with Crippen LogP contribution >= 0.6 is 0 Å². The lowest BCUT2D eigenvalue weighted by Crippen LogP contribution is -2.26. The van der Waals surface area contributed by atoms with Gasteiger partial charge in [0, 0.05) is 22.1 Å². The van der Waals surface area contributed by atoms with E-state index in [9.17, 15) is 0 Å². The van der Waals surface area contributed by atoms with Gasteiger partial charge in [-0.25, -0.2) is 0 Å². The first-order valence-corrected chi connectivity index (χ1v) is 20.4. The van der Waals surface area contributed by atoms with E-state index in [1.54, 1.807) is 0 Å². The monoisotopic (exact) mass is 749 g/mol. The summed E-state index contributed by atoms with van der Waals surface area (Å²) in [4.78, 5) is 2.42. The molecule has 13 rings (SSSR count).